The molecular weight excluding hydrogens is 322 g/mol. The van der Waals surface area contributed by atoms with Gasteiger partial charge in [-0.1, -0.05) is 18.2 Å². The fourth-order valence-corrected chi connectivity index (χ4v) is 4.36. The van der Waals surface area contributed by atoms with Crippen molar-refractivity contribution in [3.05, 3.63) is 41.5 Å². The molecule has 1 aromatic rings. The number of fused-ring (bicyclic) bond motifs is 1. The second-order valence-corrected chi connectivity index (χ2v) is 7.21. The van der Waals surface area contributed by atoms with E-state index in [9.17, 15) is 15.8 Å². The van der Waals surface area contributed by atoms with Crippen LogP contribution in [0.2, 0.25) is 0 Å². The van der Waals surface area contributed by atoms with Crippen LogP contribution in [0.5, 0.6) is 0 Å². The summed E-state index contributed by atoms with van der Waals surface area (Å²) in [6.45, 7) is 0. The average molecular weight is 343 g/mol. The molecule has 0 spiro atoms. The summed E-state index contributed by atoms with van der Waals surface area (Å²) in [4.78, 5) is 1.99. The summed E-state index contributed by atoms with van der Waals surface area (Å²) in [5, 5.41) is 38.0. The third-order valence-electron chi connectivity index (χ3n) is 5.69. The largest absolute Gasteiger partial charge is 0.378 e. The van der Waals surface area contributed by atoms with Gasteiger partial charge < -0.3 is 10.3 Å². The number of nitriles is 3. The number of hydrogen-bond donors (Lipinski definition) is 1. The molecule has 3 atom stereocenters. The van der Waals surface area contributed by atoms with Gasteiger partial charge in [-0.25, -0.2) is 0 Å². The Morgan fingerprint density at radius 3 is 2.31 bits per heavy atom. The zero-order valence-corrected chi connectivity index (χ0v) is 15.0. The number of nitrogens with zero attached hydrogens (tertiary/aromatic N) is 4. The summed E-state index contributed by atoms with van der Waals surface area (Å²) in [5.74, 6) is -1.23. The normalized spacial score (nSPS) is 26.5. The van der Waals surface area contributed by atoms with Gasteiger partial charge in [0.05, 0.1) is 23.9 Å². The second kappa shape index (κ2) is 6.66. The van der Waals surface area contributed by atoms with Crippen LogP contribution in [-0.2, 0) is 0 Å². The lowest BCUT2D eigenvalue weighted by Crippen LogP contribution is -2.48. The fourth-order valence-electron chi connectivity index (χ4n) is 4.36. The van der Waals surface area contributed by atoms with Crippen LogP contribution in [0.1, 0.15) is 30.7 Å². The SMILES string of the molecule is CN(C)c1ccc([C@H]2[C@@H]3CCCC=C3[C@H](C#N)C(=N)C2(C#N)C#N)cc1. The molecule has 0 saturated heterocycles. The first-order chi connectivity index (χ1) is 12.5. The van der Waals surface area contributed by atoms with Crippen LogP contribution in [-0.4, -0.2) is 19.8 Å². The lowest BCUT2D eigenvalue weighted by atomic mass is 9.53. The molecule has 0 aliphatic heterocycles. The standard InChI is InChI=1S/C21H21N5/c1-26(2)15-9-7-14(8-10-15)19-17-6-4-3-5-16(17)18(11-22)20(25)21(19,12-23)13-24/h5,7-10,17-19,25H,3-4,6H2,1-2H3/t17-,18+,19+/m1/s1. The van der Waals surface area contributed by atoms with Gasteiger partial charge in [-0.05, 0) is 48.4 Å². The van der Waals surface area contributed by atoms with E-state index >= 15 is 0 Å². The van der Waals surface area contributed by atoms with E-state index in [1.54, 1.807) is 0 Å². The van der Waals surface area contributed by atoms with Crippen LogP contribution < -0.4 is 4.90 Å². The highest BCUT2D eigenvalue weighted by atomic mass is 15.1. The minimum absolute atomic E-state index is 0.0491. The third kappa shape index (κ3) is 2.47. The molecular formula is C21H21N5. The number of nitrogens with one attached hydrogen (secondary N) is 1. The number of allylic oxidation sites excluding steroid dienone is 2. The first-order valence-corrected chi connectivity index (χ1v) is 8.78. The quantitative estimate of drug-likeness (QED) is 0.826. The molecule has 5 nitrogen and oxygen atoms in total. The number of anilines is 1. The van der Waals surface area contributed by atoms with Gasteiger partial charge in [0.15, 0.2) is 5.41 Å². The molecule has 2 aliphatic rings. The van der Waals surface area contributed by atoms with Crippen molar-refractivity contribution in [1.29, 1.82) is 21.2 Å². The maximum Gasteiger partial charge on any atom is 0.189 e. The monoisotopic (exact) mass is 343 g/mol. The Kier molecular flexibility index (Phi) is 4.54. The summed E-state index contributed by atoms with van der Waals surface area (Å²) < 4.78 is 0. The summed E-state index contributed by atoms with van der Waals surface area (Å²) in [5.41, 5.74) is 1.17. The lowest BCUT2D eigenvalue weighted by molar-refractivity contribution is 0.320. The molecule has 0 amide bonds. The predicted molar refractivity (Wildman–Crippen MR) is 99.4 cm³/mol. The summed E-state index contributed by atoms with van der Waals surface area (Å²) in [6, 6.07) is 14.3. The van der Waals surface area contributed by atoms with Crippen molar-refractivity contribution >= 4 is 11.4 Å². The fraction of sp³-hybridized carbons (Fsp3) is 0.429. The lowest BCUT2D eigenvalue weighted by Gasteiger charge is -2.45. The molecule has 3 rings (SSSR count). The molecule has 1 aromatic carbocycles. The summed E-state index contributed by atoms with van der Waals surface area (Å²) in [6.07, 6.45) is 4.74. The first-order valence-electron chi connectivity index (χ1n) is 8.78. The van der Waals surface area contributed by atoms with E-state index in [2.05, 4.69) is 24.3 Å². The van der Waals surface area contributed by atoms with Crippen LogP contribution in [0.3, 0.4) is 0 Å². The molecule has 2 aliphatic carbocycles. The van der Waals surface area contributed by atoms with E-state index in [0.717, 1.165) is 36.1 Å². The molecule has 0 radical (unpaired) electrons. The van der Waals surface area contributed by atoms with E-state index in [1.807, 2.05) is 43.3 Å². The Morgan fingerprint density at radius 1 is 1.12 bits per heavy atom. The third-order valence-corrected chi connectivity index (χ3v) is 5.69. The highest BCUT2D eigenvalue weighted by Gasteiger charge is 2.57. The molecule has 1 N–H and O–H groups in total. The van der Waals surface area contributed by atoms with Crippen LogP contribution >= 0.6 is 0 Å². The van der Waals surface area contributed by atoms with Gasteiger partial charge in [-0.15, -0.1) is 0 Å². The molecule has 5 heteroatoms. The van der Waals surface area contributed by atoms with E-state index in [-0.39, 0.29) is 11.6 Å². The molecule has 1 fully saturated rings. The molecule has 130 valence electrons. The van der Waals surface area contributed by atoms with E-state index in [1.165, 1.54) is 0 Å². The molecule has 0 bridgehead atoms. The summed E-state index contributed by atoms with van der Waals surface area (Å²) in [7, 11) is 3.92. The van der Waals surface area contributed by atoms with Crippen molar-refractivity contribution in [1.82, 2.24) is 0 Å². The van der Waals surface area contributed by atoms with E-state index < -0.39 is 17.3 Å². The zero-order chi connectivity index (χ0) is 18.9. The van der Waals surface area contributed by atoms with Crippen LogP contribution in [0.15, 0.2) is 35.9 Å². The average Bonchev–Trinajstić information content (AvgIpc) is 2.67. The smallest absolute Gasteiger partial charge is 0.189 e. The van der Waals surface area contributed by atoms with Crippen LogP contribution in [0.25, 0.3) is 0 Å². The van der Waals surface area contributed by atoms with Gasteiger partial charge >= 0.3 is 0 Å². The minimum atomic E-state index is -1.60. The van der Waals surface area contributed by atoms with Gasteiger partial charge in [-0.2, -0.15) is 15.8 Å². The Hall–Kier alpha value is -3.10. The van der Waals surface area contributed by atoms with Crippen molar-refractivity contribution in [2.75, 3.05) is 19.0 Å². The van der Waals surface area contributed by atoms with Crippen molar-refractivity contribution in [2.45, 2.75) is 25.2 Å². The zero-order valence-electron chi connectivity index (χ0n) is 15.0. The number of hydrogen-bond acceptors (Lipinski definition) is 5. The van der Waals surface area contributed by atoms with Gasteiger partial charge in [0.25, 0.3) is 0 Å². The highest BCUT2D eigenvalue weighted by Crippen LogP contribution is 2.55. The second-order valence-electron chi connectivity index (χ2n) is 7.21. The Balaban J connectivity index is 2.19. The molecule has 26 heavy (non-hydrogen) atoms. The topological polar surface area (TPSA) is 98.5 Å². The summed E-state index contributed by atoms with van der Waals surface area (Å²) >= 11 is 0. The van der Waals surface area contributed by atoms with Gasteiger partial charge in [0.2, 0.25) is 0 Å². The predicted octanol–water partition coefficient (Wildman–Crippen LogP) is 3.77. The van der Waals surface area contributed by atoms with Crippen LogP contribution in [0.4, 0.5) is 5.69 Å². The molecule has 0 heterocycles. The minimum Gasteiger partial charge on any atom is -0.378 e. The van der Waals surface area contributed by atoms with Crippen molar-refractivity contribution in [3.63, 3.8) is 0 Å². The maximum atomic E-state index is 9.94. The van der Waals surface area contributed by atoms with Crippen molar-refractivity contribution < 1.29 is 0 Å². The first kappa shape index (κ1) is 17.7. The maximum absolute atomic E-state index is 9.94. The Labute approximate surface area is 154 Å². The highest BCUT2D eigenvalue weighted by molar-refractivity contribution is 6.00. The Morgan fingerprint density at radius 2 is 1.77 bits per heavy atom. The van der Waals surface area contributed by atoms with E-state index in [0.29, 0.717) is 0 Å². The van der Waals surface area contributed by atoms with Crippen molar-refractivity contribution in [3.8, 4) is 18.2 Å². The van der Waals surface area contributed by atoms with E-state index in [4.69, 9.17) is 5.41 Å². The number of rotatable bonds is 2. The molecule has 1 saturated carbocycles. The molecule has 0 unspecified atom stereocenters. The Bertz CT molecular complexity index is 859. The van der Waals surface area contributed by atoms with Gasteiger partial charge in [-0.3, -0.25) is 0 Å². The van der Waals surface area contributed by atoms with Crippen molar-refractivity contribution in [2.24, 2.45) is 17.3 Å². The van der Waals surface area contributed by atoms with Gasteiger partial charge in [0, 0.05) is 25.7 Å². The number of benzene rings is 1. The van der Waals surface area contributed by atoms with Crippen LogP contribution in [0, 0.1) is 56.7 Å². The molecule has 0 aromatic heterocycles. The van der Waals surface area contributed by atoms with Gasteiger partial charge in [0.1, 0.15) is 5.92 Å².